The van der Waals surface area contributed by atoms with Gasteiger partial charge in [0.2, 0.25) is 0 Å². The maximum Gasteiger partial charge on any atom is 0.161 e. The number of hydrogen-bond donors (Lipinski definition) is 0. The fourth-order valence-electron chi connectivity index (χ4n) is 4.43. The van der Waals surface area contributed by atoms with Crippen molar-refractivity contribution in [3.8, 4) is 11.5 Å². The Morgan fingerprint density at radius 3 is 2.52 bits per heavy atom. The topological polar surface area (TPSA) is 34.1 Å². The van der Waals surface area contributed by atoms with Gasteiger partial charge in [-0.15, -0.1) is 0 Å². The van der Waals surface area contributed by atoms with E-state index in [4.69, 9.17) is 14.5 Å². The number of amidine groups is 1. The molecule has 1 atom stereocenters. The molecular weight excluding hydrogens is 336 g/mol. The minimum Gasteiger partial charge on any atom is -0.493 e. The van der Waals surface area contributed by atoms with E-state index in [1.54, 1.807) is 14.2 Å². The van der Waals surface area contributed by atoms with Crippen LogP contribution < -0.4 is 9.47 Å². The van der Waals surface area contributed by atoms with Crippen LogP contribution in [0.5, 0.6) is 11.5 Å². The molecule has 0 spiro atoms. The highest BCUT2D eigenvalue weighted by Crippen LogP contribution is 2.42. The van der Waals surface area contributed by atoms with E-state index in [1.807, 2.05) is 0 Å². The highest BCUT2D eigenvalue weighted by molar-refractivity contribution is 6.19. The molecule has 0 bridgehead atoms. The summed E-state index contributed by atoms with van der Waals surface area (Å²) in [5, 5.41) is 2.51. The molecule has 2 aliphatic rings. The summed E-state index contributed by atoms with van der Waals surface area (Å²) in [7, 11) is 3.38. The molecule has 0 aliphatic carbocycles. The van der Waals surface area contributed by atoms with Gasteiger partial charge >= 0.3 is 0 Å². The summed E-state index contributed by atoms with van der Waals surface area (Å²) in [6.45, 7) is 3.18. The number of rotatable bonds is 2. The Morgan fingerprint density at radius 2 is 1.74 bits per heavy atom. The molecule has 0 unspecified atom stereocenters. The van der Waals surface area contributed by atoms with Crippen molar-refractivity contribution in [2.75, 3.05) is 20.8 Å². The van der Waals surface area contributed by atoms with Crippen LogP contribution in [0.25, 0.3) is 10.8 Å². The molecular formula is C23H22N2O2. The monoisotopic (exact) mass is 358 g/mol. The summed E-state index contributed by atoms with van der Waals surface area (Å²) < 4.78 is 11.0. The van der Waals surface area contributed by atoms with E-state index in [1.165, 1.54) is 27.5 Å². The Labute approximate surface area is 159 Å². The number of hydrogen-bond acceptors (Lipinski definition) is 4. The summed E-state index contributed by atoms with van der Waals surface area (Å²) in [5.74, 6) is 2.66. The molecule has 0 saturated heterocycles. The molecule has 0 saturated carbocycles. The third-order valence-electron chi connectivity index (χ3n) is 5.81. The average molecular weight is 358 g/mol. The van der Waals surface area contributed by atoms with Crippen LogP contribution in [0, 0.1) is 0 Å². The van der Waals surface area contributed by atoms with Crippen LogP contribution in [0.4, 0.5) is 5.69 Å². The smallest absolute Gasteiger partial charge is 0.161 e. The molecule has 27 heavy (non-hydrogen) atoms. The first-order valence-electron chi connectivity index (χ1n) is 9.33. The Morgan fingerprint density at radius 1 is 1.00 bits per heavy atom. The maximum absolute atomic E-state index is 5.53. The zero-order valence-corrected chi connectivity index (χ0v) is 15.8. The molecule has 0 aromatic heterocycles. The Bertz CT molecular complexity index is 1080. The summed E-state index contributed by atoms with van der Waals surface area (Å²) in [5.41, 5.74) is 4.91. The summed E-state index contributed by atoms with van der Waals surface area (Å²) in [6, 6.07) is 17.3. The van der Waals surface area contributed by atoms with E-state index < -0.39 is 0 Å². The minimum absolute atomic E-state index is 0.219. The van der Waals surface area contributed by atoms with Gasteiger partial charge in [-0.25, -0.2) is 4.99 Å². The van der Waals surface area contributed by atoms with Crippen LogP contribution >= 0.6 is 0 Å². The van der Waals surface area contributed by atoms with E-state index in [2.05, 4.69) is 60.4 Å². The molecule has 4 heteroatoms. The van der Waals surface area contributed by atoms with Gasteiger partial charge in [-0.05, 0) is 48.1 Å². The second-order valence-corrected chi connectivity index (χ2v) is 7.14. The fraction of sp³-hybridized carbons (Fsp3) is 0.261. The van der Waals surface area contributed by atoms with Gasteiger partial charge in [0.25, 0.3) is 0 Å². The quantitative estimate of drug-likeness (QED) is 0.655. The van der Waals surface area contributed by atoms with Crippen molar-refractivity contribution in [1.82, 2.24) is 4.90 Å². The van der Waals surface area contributed by atoms with Crippen molar-refractivity contribution in [1.29, 1.82) is 0 Å². The van der Waals surface area contributed by atoms with Crippen molar-refractivity contribution in [3.05, 3.63) is 65.2 Å². The van der Waals surface area contributed by atoms with Gasteiger partial charge in [-0.3, -0.25) is 0 Å². The number of methoxy groups -OCH3 is 2. The largest absolute Gasteiger partial charge is 0.493 e. The third kappa shape index (κ3) is 2.33. The predicted molar refractivity (Wildman–Crippen MR) is 109 cm³/mol. The van der Waals surface area contributed by atoms with E-state index in [-0.39, 0.29) is 6.04 Å². The minimum atomic E-state index is 0.219. The van der Waals surface area contributed by atoms with E-state index in [9.17, 15) is 0 Å². The molecule has 3 aromatic carbocycles. The lowest BCUT2D eigenvalue weighted by atomic mass is 9.92. The molecule has 0 fully saturated rings. The predicted octanol–water partition coefficient (Wildman–Crippen LogP) is 4.87. The van der Waals surface area contributed by atoms with E-state index in [0.717, 1.165) is 36.0 Å². The number of ether oxygens (including phenoxy) is 2. The molecule has 0 N–H and O–H groups in total. The van der Waals surface area contributed by atoms with Crippen LogP contribution in [0.2, 0.25) is 0 Å². The van der Waals surface area contributed by atoms with Gasteiger partial charge in [0, 0.05) is 17.5 Å². The zero-order valence-electron chi connectivity index (χ0n) is 15.8. The SMILES string of the molecule is COc1cc2c(cc1OC)[C@@H](C)N(C1=Nc3cccc4cccc1c34)CC2. The van der Waals surface area contributed by atoms with Crippen LogP contribution in [0.3, 0.4) is 0 Å². The maximum atomic E-state index is 5.53. The second kappa shape index (κ2) is 6.02. The number of fused-ring (bicyclic) bond motifs is 1. The highest BCUT2D eigenvalue weighted by Gasteiger charge is 2.31. The van der Waals surface area contributed by atoms with Gasteiger partial charge in [-0.1, -0.05) is 30.3 Å². The summed E-state index contributed by atoms with van der Waals surface area (Å²) in [4.78, 5) is 7.43. The lowest BCUT2D eigenvalue weighted by molar-refractivity contribution is 0.313. The van der Waals surface area contributed by atoms with E-state index in [0.29, 0.717) is 0 Å². The van der Waals surface area contributed by atoms with Crippen LogP contribution in [0.15, 0.2) is 53.5 Å². The Balaban J connectivity index is 1.59. The van der Waals surface area contributed by atoms with Gasteiger partial charge in [0.15, 0.2) is 11.5 Å². The molecule has 2 aliphatic heterocycles. The van der Waals surface area contributed by atoms with Crippen molar-refractivity contribution in [2.45, 2.75) is 19.4 Å². The highest BCUT2D eigenvalue weighted by atomic mass is 16.5. The van der Waals surface area contributed by atoms with Crippen LogP contribution in [-0.4, -0.2) is 31.5 Å². The molecule has 136 valence electrons. The summed E-state index contributed by atoms with van der Waals surface area (Å²) in [6.07, 6.45) is 0.964. The Hall–Kier alpha value is -3.01. The van der Waals surface area contributed by atoms with Crippen LogP contribution in [0.1, 0.15) is 29.7 Å². The molecule has 2 heterocycles. The van der Waals surface area contributed by atoms with Gasteiger partial charge in [0.05, 0.1) is 25.9 Å². The fourth-order valence-corrected chi connectivity index (χ4v) is 4.43. The third-order valence-corrected chi connectivity index (χ3v) is 5.81. The Kier molecular flexibility index (Phi) is 3.61. The second-order valence-electron chi connectivity index (χ2n) is 7.14. The molecule has 0 amide bonds. The van der Waals surface area contributed by atoms with Crippen molar-refractivity contribution in [2.24, 2.45) is 4.99 Å². The first-order chi connectivity index (χ1) is 13.2. The average Bonchev–Trinajstić information content (AvgIpc) is 3.08. The lowest BCUT2D eigenvalue weighted by Gasteiger charge is -2.37. The molecule has 0 radical (unpaired) electrons. The molecule has 5 rings (SSSR count). The van der Waals surface area contributed by atoms with E-state index >= 15 is 0 Å². The lowest BCUT2D eigenvalue weighted by Crippen LogP contribution is -2.38. The van der Waals surface area contributed by atoms with Gasteiger partial charge in [0.1, 0.15) is 5.84 Å². The molecule has 4 nitrogen and oxygen atoms in total. The first kappa shape index (κ1) is 16.2. The van der Waals surface area contributed by atoms with Crippen LogP contribution in [-0.2, 0) is 6.42 Å². The number of nitrogens with zero attached hydrogens (tertiary/aromatic N) is 2. The first-order valence-corrected chi connectivity index (χ1v) is 9.33. The van der Waals surface area contributed by atoms with Crippen molar-refractivity contribution in [3.63, 3.8) is 0 Å². The zero-order chi connectivity index (χ0) is 18.5. The van der Waals surface area contributed by atoms with Crippen molar-refractivity contribution < 1.29 is 9.47 Å². The van der Waals surface area contributed by atoms with Crippen molar-refractivity contribution >= 4 is 22.3 Å². The van der Waals surface area contributed by atoms with Gasteiger partial charge in [-0.2, -0.15) is 0 Å². The standard InChI is InChI=1S/C23H22N2O2/c1-14-18-13-21(27-3)20(26-2)12-16(18)10-11-25(14)23-17-8-4-6-15-7-5-9-19(24-23)22(15)17/h4-9,12-14H,10-11H2,1-3H3/t14-/m1/s1. The number of benzene rings is 3. The number of aliphatic imine (C=N–C) groups is 1. The molecule has 3 aromatic rings. The summed E-state index contributed by atoms with van der Waals surface area (Å²) >= 11 is 0. The van der Waals surface area contributed by atoms with Gasteiger partial charge < -0.3 is 14.4 Å². The normalized spacial score (nSPS) is 17.7.